The van der Waals surface area contributed by atoms with Crippen LogP contribution in [-0.4, -0.2) is 47.3 Å². The van der Waals surface area contributed by atoms with E-state index in [1.54, 1.807) is 0 Å². The number of carbonyl (C=O) groups excluding carboxylic acids is 2. The van der Waals surface area contributed by atoms with Crippen LogP contribution in [0.5, 0.6) is 0 Å². The minimum atomic E-state index is -0.566. The first-order chi connectivity index (χ1) is 19.1. The first-order valence-electron chi connectivity index (χ1n) is 12.5. The largest absolute Gasteiger partial charge is 0.445 e. The molecule has 0 radical (unpaired) electrons. The number of amides is 2. The third kappa shape index (κ3) is 9.97. The van der Waals surface area contributed by atoms with Crippen molar-refractivity contribution in [2.45, 2.75) is 38.1 Å². The summed E-state index contributed by atoms with van der Waals surface area (Å²) in [6.45, 7) is 0.839. The van der Waals surface area contributed by atoms with E-state index in [1.807, 2.05) is 60.7 Å². The Balaban J connectivity index is 1.32. The SMILES string of the molecule is O=C(N[C@H](CNC[C@H](Cc1ccccc1)NC(=O)OCc1cnco1)Cc1ccccc1)OCc1cnco1. The molecular weight excluding hydrogens is 502 g/mol. The van der Waals surface area contributed by atoms with E-state index in [1.165, 1.54) is 25.2 Å². The molecule has 204 valence electrons. The van der Waals surface area contributed by atoms with Gasteiger partial charge < -0.3 is 34.3 Å². The Morgan fingerprint density at radius 1 is 0.692 bits per heavy atom. The number of carbonyl (C=O) groups is 2. The molecule has 0 aliphatic carbocycles. The van der Waals surface area contributed by atoms with E-state index in [0.29, 0.717) is 37.5 Å². The molecular formula is C28H31N5O6. The van der Waals surface area contributed by atoms with Crippen molar-refractivity contribution in [2.24, 2.45) is 0 Å². The third-order valence-electron chi connectivity index (χ3n) is 5.73. The van der Waals surface area contributed by atoms with Crippen LogP contribution in [-0.2, 0) is 35.5 Å². The van der Waals surface area contributed by atoms with Gasteiger partial charge in [-0.3, -0.25) is 0 Å². The van der Waals surface area contributed by atoms with Crippen LogP contribution in [0.2, 0.25) is 0 Å². The van der Waals surface area contributed by atoms with Gasteiger partial charge in [0.05, 0.1) is 12.4 Å². The van der Waals surface area contributed by atoms with E-state index in [4.69, 9.17) is 18.3 Å². The van der Waals surface area contributed by atoms with Gasteiger partial charge in [-0.15, -0.1) is 0 Å². The van der Waals surface area contributed by atoms with Gasteiger partial charge in [-0.1, -0.05) is 60.7 Å². The Kier molecular flexibility index (Phi) is 10.5. The zero-order valence-corrected chi connectivity index (χ0v) is 21.3. The van der Waals surface area contributed by atoms with E-state index < -0.39 is 12.2 Å². The number of nitrogens with one attached hydrogen (secondary N) is 3. The maximum atomic E-state index is 12.5. The number of aromatic nitrogens is 2. The van der Waals surface area contributed by atoms with Crippen LogP contribution in [0.1, 0.15) is 22.6 Å². The fourth-order valence-electron chi connectivity index (χ4n) is 3.89. The van der Waals surface area contributed by atoms with Crippen molar-refractivity contribution in [3.8, 4) is 0 Å². The van der Waals surface area contributed by atoms with Gasteiger partial charge in [-0.2, -0.15) is 0 Å². The van der Waals surface area contributed by atoms with E-state index >= 15 is 0 Å². The van der Waals surface area contributed by atoms with Crippen LogP contribution in [0, 0.1) is 0 Å². The minimum Gasteiger partial charge on any atom is -0.445 e. The first-order valence-corrected chi connectivity index (χ1v) is 12.5. The first kappa shape index (κ1) is 27.4. The van der Waals surface area contributed by atoms with Crippen LogP contribution in [0.4, 0.5) is 9.59 Å². The van der Waals surface area contributed by atoms with Gasteiger partial charge in [0, 0.05) is 25.2 Å². The van der Waals surface area contributed by atoms with Gasteiger partial charge >= 0.3 is 12.2 Å². The Bertz CT molecular complexity index is 1140. The van der Waals surface area contributed by atoms with E-state index in [-0.39, 0.29) is 25.3 Å². The van der Waals surface area contributed by atoms with Gasteiger partial charge in [-0.25, -0.2) is 19.6 Å². The molecule has 0 saturated carbocycles. The monoisotopic (exact) mass is 533 g/mol. The molecule has 0 spiro atoms. The summed E-state index contributed by atoms with van der Waals surface area (Å²) in [5.41, 5.74) is 2.13. The molecule has 3 N–H and O–H groups in total. The van der Waals surface area contributed by atoms with E-state index in [0.717, 1.165) is 11.1 Å². The van der Waals surface area contributed by atoms with Crippen LogP contribution >= 0.6 is 0 Å². The lowest BCUT2D eigenvalue weighted by Gasteiger charge is -2.23. The molecule has 0 aliphatic heterocycles. The van der Waals surface area contributed by atoms with Crippen molar-refractivity contribution in [2.75, 3.05) is 13.1 Å². The molecule has 2 atom stereocenters. The van der Waals surface area contributed by atoms with Crippen LogP contribution in [0.15, 0.2) is 94.7 Å². The van der Waals surface area contributed by atoms with E-state index in [9.17, 15) is 9.59 Å². The molecule has 39 heavy (non-hydrogen) atoms. The predicted octanol–water partition coefficient (Wildman–Crippen LogP) is 3.63. The Morgan fingerprint density at radius 3 is 1.51 bits per heavy atom. The Labute approximate surface area is 225 Å². The molecule has 0 saturated heterocycles. The summed E-state index contributed by atoms with van der Waals surface area (Å²) in [6, 6.07) is 19.1. The summed E-state index contributed by atoms with van der Waals surface area (Å²) < 4.78 is 20.8. The third-order valence-corrected chi connectivity index (χ3v) is 5.73. The normalized spacial score (nSPS) is 12.3. The average Bonchev–Trinajstić information content (AvgIpc) is 3.67. The maximum Gasteiger partial charge on any atom is 0.407 e. The van der Waals surface area contributed by atoms with Gasteiger partial charge in [0.25, 0.3) is 0 Å². The van der Waals surface area contributed by atoms with Crippen molar-refractivity contribution < 1.29 is 27.9 Å². The molecule has 0 aliphatic rings. The second-order valence-electron chi connectivity index (χ2n) is 8.81. The molecule has 4 rings (SSSR count). The predicted molar refractivity (Wildman–Crippen MR) is 140 cm³/mol. The highest BCUT2D eigenvalue weighted by molar-refractivity contribution is 5.68. The summed E-state index contributed by atoms with van der Waals surface area (Å²) in [5, 5.41) is 9.21. The van der Waals surface area contributed by atoms with Crippen LogP contribution in [0.3, 0.4) is 0 Å². The highest BCUT2D eigenvalue weighted by Gasteiger charge is 2.18. The van der Waals surface area contributed by atoms with Crippen molar-refractivity contribution in [1.82, 2.24) is 25.9 Å². The molecule has 2 aromatic heterocycles. The maximum absolute atomic E-state index is 12.5. The second kappa shape index (κ2) is 14.9. The Morgan fingerprint density at radius 2 is 1.13 bits per heavy atom. The molecule has 2 aromatic carbocycles. The summed E-state index contributed by atoms with van der Waals surface area (Å²) in [5.74, 6) is 0.904. The average molecular weight is 534 g/mol. The number of hydrogen-bond acceptors (Lipinski definition) is 9. The number of ether oxygens (including phenoxy) is 2. The number of nitrogens with zero attached hydrogens (tertiary/aromatic N) is 2. The molecule has 11 nitrogen and oxygen atoms in total. The van der Waals surface area contributed by atoms with E-state index in [2.05, 4.69) is 25.9 Å². The standard InChI is InChI=1S/C28H31N5O6/c34-27(36-17-25-15-30-19-38-25)32-23(11-21-7-3-1-4-8-21)13-29-14-24(12-22-9-5-2-6-10-22)33-28(35)37-18-26-16-31-20-39-26/h1-10,15-16,19-20,23-24,29H,11-14,17-18H2,(H,32,34)(H,33,35)/t23-,24-/m0/s1. The molecule has 11 heteroatoms. The number of rotatable bonds is 14. The second-order valence-corrected chi connectivity index (χ2v) is 8.81. The van der Waals surface area contributed by atoms with Crippen LogP contribution < -0.4 is 16.0 Å². The van der Waals surface area contributed by atoms with Gasteiger partial charge in [0.1, 0.15) is 0 Å². The zero-order chi connectivity index (χ0) is 27.1. The lowest BCUT2D eigenvalue weighted by atomic mass is 10.0. The Hall–Kier alpha value is -4.64. The van der Waals surface area contributed by atoms with Crippen molar-refractivity contribution >= 4 is 12.2 Å². The number of alkyl carbamates (subject to hydrolysis) is 2. The fourth-order valence-corrected chi connectivity index (χ4v) is 3.89. The van der Waals surface area contributed by atoms with Gasteiger partial charge in [0.2, 0.25) is 0 Å². The number of hydrogen-bond donors (Lipinski definition) is 3. The zero-order valence-electron chi connectivity index (χ0n) is 21.3. The smallest absolute Gasteiger partial charge is 0.407 e. The molecule has 4 aromatic rings. The van der Waals surface area contributed by atoms with Crippen molar-refractivity contribution in [1.29, 1.82) is 0 Å². The van der Waals surface area contributed by atoms with Crippen LogP contribution in [0.25, 0.3) is 0 Å². The molecule has 2 heterocycles. The highest BCUT2D eigenvalue weighted by Crippen LogP contribution is 2.07. The summed E-state index contributed by atoms with van der Waals surface area (Å²) in [4.78, 5) is 32.6. The topological polar surface area (TPSA) is 141 Å². The highest BCUT2D eigenvalue weighted by atomic mass is 16.6. The van der Waals surface area contributed by atoms with Gasteiger partial charge in [0.15, 0.2) is 37.5 Å². The summed E-state index contributed by atoms with van der Waals surface area (Å²) >= 11 is 0. The van der Waals surface area contributed by atoms with Crippen molar-refractivity contribution in [3.63, 3.8) is 0 Å². The van der Waals surface area contributed by atoms with Gasteiger partial charge in [-0.05, 0) is 24.0 Å². The molecule has 0 bridgehead atoms. The lowest BCUT2D eigenvalue weighted by molar-refractivity contribution is 0.126. The van der Waals surface area contributed by atoms with Crippen molar-refractivity contribution in [3.05, 3.63) is 108 Å². The lowest BCUT2D eigenvalue weighted by Crippen LogP contribution is -2.48. The number of oxazole rings is 2. The molecule has 2 amide bonds. The fraction of sp³-hybridized carbons (Fsp3) is 0.286. The summed E-state index contributed by atoms with van der Waals surface area (Å²) in [6.07, 6.45) is 5.58. The minimum absolute atomic E-state index is 0.0173. The molecule has 0 unspecified atom stereocenters. The quantitative estimate of drug-likeness (QED) is 0.222. The summed E-state index contributed by atoms with van der Waals surface area (Å²) in [7, 11) is 0. The number of benzene rings is 2. The molecule has 0 fully saturated rings.